The van der Waals surface area contributed by atoms with Crippen molar-refractivity contribution in [2.24, 2.45) is 0 Å². The molecule has 1 aromatic rings. The van der Waals surface area contributed by atoms with Crippen molar-refractivity contribution in [1.82, 2.24) is 9.96 Å². The van der Waals surface area contributed by atoms with E-state index < -0.39 is 0 Å². The third kappa shape index (κ3) is 3.57. The van der Waals surface area contributed by atoms with Gasteiger partial charge < -0.3 is 4.90 Å². The summed E-state index contributed by atoms with van der Waals surface area (Å²) in [5.74, 6) is -0.269. The molecule has 0 unspecified atom stereocenters. The maximum Gasteiger partial charge on any atom is 0.282 e. The molecule has 1 saturated heterocycles. The van der Waals surface area contributed by atoms with Gasteiger partial charge in [0.15, 0.2) is 6.61 Å². The second kappa shape index (κ2) is 8.45. The molecule has 2 aliphatic rings. The third-order valence-corrected chi connectivity index (χ3v) is 4.14. The summed E-state index contributed by atoms with van der Waals surface area (Å²) in [6.07, 6.45) is 5.09. The maximum atomic E-state index is 12.4. The Morgan fingerprint density at radius 2 is 1.79 bits per heavy atom. The van der Waals surface area contributed by atoms with Gasteiger partial charge in [-0.2, -0.15) is 5.06 Å². The van der Waals surface area contributed by atoms with Gasteiger partial charge in [0.25, 0.3) is 11.8 Å². The number of carbonyl (C=O) groups excluding carboxylic acids is 2. The van der Waals surface area contributed by atoms with Crippen LogP contribution in [0.3, 0.4) is 0 Å². The van der Waals surface area contributed by atoms with Gasteiger partial charge >= 0.3 is 0 Å². The molecule has 24 heavy (non-hydrogen) atoms. The molecule has 0 saturated carbocycles. The highest BCUT2D eigenvalue weighted by molar-refractivity contribution is 6.08. The molecule has 2 heterocycles. The Bertz CT molecular complexity index is 633. The van der Waals surface area contributed by atoms with Crippen LogP contribution >= 0.6 is 0 Å². The van der Waals surface area contributed by atoms with Crippen molar-refractivity contribution >= 4 is 17.5 Å². The normalized spacial score (nSPS) is 18.2. The van der Waals surface area contributed by atoms with E-state index in [1.807, 2.05) is 36.1 Å². The predicted molar refractivity (Wildman–Crippen MR) is 93.9 cm³/mol. The predicted octanol–water partition coefficient (Wildman–Crippen LogP) is 3.25. The number of carbonyl (C=O) groups is 2. The highest BCUT2D eigenvalue weighted by atomic mass is 16.7. The van der Waals surface area contributed by atoms with E-state index in [0.29, 0.717) is 11.3 Å². The summed E-state index contributed by atoms with van der Waals surface area (Å²) < 4.78 is 0. The Hall–Kier alpha value is -2.40. The van der Waals surface area contributed by atoms with E-state index in [9.17, 15) is 9.59 Å². The minimum atomic E-state index is -0.213. The van der Waals surface area contributed by atoms with E-state index in [1.165, 1.54) is 11.5 Å². The monoisotopic (exact) mass is 328 g/mol. The van der Waals surface area contributed by atoms with Gasteiger partial charge in [-0.1, -0.05) is 24.3 Å². The van der Waals surface area contributed by atoms with Crippen LogP contribution in [0.1, 0.15) is 42.1 Å². The number of likely N-dealkylation sites (tertiary alicyclic amines) is 1. The fourth-order valence-electron chi connectivity index (χ4n) is 2.98. The molecule has 5 nitrogen and oxygen atoms in total. The van der Waals surface area contributed by atoms with Crippen molar-refractivity contribution in [3.8, 4) is 0 Å². The molecule has 0 bridgehead atoms. The summed E-state index contributed by atoms with van der Waals surface area (Å²) in [7, 11) is 0. The summed E-state index contributed by atoms with van der Waals surface area (Å²) in [5, 5.41) is 1.24. The molecule has 3 rings (SSSR count). The van der Waals surface area contributed by atoms with Crippen LogP contribution in [-0.4, -0.2) is 41.5 Å². The molecule has 128 valence electrons. The molecular weight excluding hydrogens is 304 g/mol. The number of amides is 2. The largest absolute Gasteiger partial charge is 0.341 e. The molecule has 0 aliphatic carbocycles. The van der Waals surface area contributed by atoms with Gasteiger partial charge in [0.2, 0.25) is 0 Å². The van der Waals surface area contributed by atoms with Crippen molar-refractivity contribution in [1.29, 1.82) is 0 Å². The van der Waals surface area contributed by atoms with E-state index in [0.717, 1.165) is 31.5 Å². The van der Waals surface area contributed by atoms with E-state index in [1.54, 1.807) is 6.07 Å². The van der Waals surface area contributed by atoms with Crippen LogP contribution in [0.15, 0.2) is 43.5 Å². The molecule has 0 N–H and O–H groups in total. The molecule has 0 radical (unpaired) electrons. The zero-order chi connectivity index (χ0) is 17.5. The van der Waals surface area contributed by atoms with Crippen molar-refractivity contribution in [3.05, 3.63) is 54.6 Å². The first-order valence-electron chi connectivity index (χ1n) is 8.23. The number of piperidine rings is 1. The quantitative estimate of drug-likeness (QED) is 0.800. The van der Waals surface area contributed by atoms with Crippen LogP contribution in [0.2, 0.25) is 0 Å². The second-order valence-electron chi connectivity index (χ2n) is 5.53. The average Bonchev–Trinajstić information content (AvgIpc) is 2.93. The fraction of sp³-hybridized carbons (Fsp3) is 0.368. The third-order valence-electron chi connectivity index (χ3n) is 4.14. The molecule has 1 fully saturated rings. The van der Waals surface area contributed by atoms with Crippen LogP contribution in [-0.2, 0) is 9.63 Å². The fourth-order valence-corrected chi connectivity index (χ4v) is 2.98. The lowest BCUT2D eigenvalue weighted by Gasteiger charge is -2.27. The average molecular weight is 328 g/mol. The number of hydrogen-bond donors (Lipinski definition) is 0. The Labute approximate surface area is 143 Å². The van der Waals surface area contributed by atoms with Crippen LogP contribution < -0.4 is 0 Å². The smallest absolute Gasteiger partial charge is 0.282 e. The lowest BCUT2D eigenvalue weighted by atomic mass is 10.1. The first-order valence-corrected chi connectivity index (χ1v) is 8.23. The van der Waals surface area contributed by atoms with Gasteiger partial charge in [0, 0.05) is 18.7 Å². The number of rotatable bonds is 3. The number of benzene rings is 1. The number of nitrogens with zero attached hydrogens (tertiary/aromatic N) is 2. The molecule has 5 heteroatoms. The Kier molecular flexibility index (Phi) is 6.32. The van der Waals surface area contributed by atoms with Gasteiger partial charge in [-0.15, -0.1) is 13.2 Å². The molecule has 0 aromatic heterocycles. The highest BCUT2D eigenvalue weighted by Gasteiger charge is 2.33. The van der Waals surface area contributed by atoms with Crippen LogP contribution in [0, 0.1) is 0 Å². The Morgan fingerprint density at radius 3 is 2.42 bits per heavy atom. The zero-order valence-corrected chi connectivity index (χ0v) is 14.2. The van der Waals surface area contributed by atoms with Crippen LogP contribution in [0.5, 0.6) is 0 Å². The number of hydroxylamine groups is 2. The van der Waals surface area contributed by atoms with Crippen molar-refractivity contribution < 1.29 is 14.4 Å². The zero-order valence-electron chi connectivity index (χ0n) is 14.2. The molecule has 0 spiro atoms. The van der Waals surface area contributed by atoms with Crippen molar-refractivity contribution in [2.45, 2.75) is 26.2 Å². The summed E-state index contributed by atoms with van der Waals surface area (Å²) in [4.78, 5) is 31.9. The van der Waals surface area contributed by atoms with Gasteiger partial charge in [-0.25, -0.2) is 0 Å². The van der Waals surface area contributed by atoms with E-state index in [2.05, 4.69) is 13.2 Å². The summed E-state index contributed by atoms with van der Waals surface area (Å²) in [6.45, 7) is 9.32. The summed E-state index contributed by atoms with van der Waals surface area (Å²) >= 11 is 0. The van der Waals surface area contributed by atoms with E-state index in [-0.39, 0.29) is 18.4 Å². The lowest BCUT2D eigenvalue weighted by Crippen LogP contribution is -2.39. The van der Waals surface area contributed by atoms with Gasteiger partial charge in [-0.05, 0) is 32.3 Å². The molecule has 1 aromatic carbocycles. The van der Waals surface area contributed by atoms with Gasteiger partial charge in [0.1, 0.15) is 0 Å². The first kappa shape index (κ1) is 17.9. The maximum absolute atomic E-state index is 12.4. The first-order chi connectivity index (χ1) is 11.7. The summed E-state index contributed by atoms with van der Waals surface area (Å²) in [6, 6.07) is 7.37. The minimum absolute atomic E-state index is 0.0566. The van der Waals surface area contributed by atoms with Crippen LogP contribution in [0.4, 0.5) is 0 Å². The van der Waals surface area contributed by atoms with Gasteiger partial charge in [-0.3, -0.25) is 14.4 Å². The summed E-state index contributed by atoms with van der Waals surface area (Å²) in [5.41, 5.74) is 2.16. The molecule has 0 atom stereocenters. The number of allylic oxidation sites excluding steroid dienone is 1. The molecular formula is C19H24N2O3. The molecule has 2 amide bonds. The van der Waals surface area contributed by atoms with E-state index >= 15 is 0 Å². The number of hydrogen-bond acceptors (Lipinski definition) is 3. The number of fused-ring (bicyclic) bond motifs is 1. The SMILES string of the molecule is C/C=C1\c2ccccc2C(=O)N1OCC(=O)N1CCCCC1.C=C. The topological polar surface area (TPSA) is 49.9 Å². The van der Waals surface area contributed by atoms with Crippen molar-refractivity contribution in [3.63, 3.8) is 0 Å². The second-order valence-corrected chi connectivity index (χ2v) is 5.53. The highest BCUT2D eigenvalue weighted by Crippen LogP contribution is 2.32. The van der Waals surface area contributed by atoms with Gasteiger partial charge in [0.05, 0.1) is 11.3 Å². The lowest BCUT2D eigenvalue weighted by molar-refractivity contribution is -0.148. The van der Waals surface area contributed by atoms with E-state index in [4.69, 9.17) is 4.84 Å². The molecule has 2 aliphatic heterocycles. The Balaban J connectivity index is 0.00000100. The van der Waals surface area contributed by atoms with Crippen molar-refractivity contribution in [2.75, 3.05) is 19.7 Å². The van der Waals surface area contributed by atoms with Crippen LogP contribution in [0.25, 0.3) is 5.70 Å². The standard InChI is InChI=1S/C17H20N2O3.C2H4/c1-2-15-13-8-4-5-9-14(13)17(21)19(15)22-12-16(20)18-10-6-3-7-11-18;1-2/h2,4-5,8-9H,3,6-7,10-12H2,1H3;1-2H2/b15-2+;. The Morgan fingerprint density at radius 1 is 1.17 bits per heavy atom. The minimum Gasteiger partial charge on any atom is -0.341 e.